The maximum atomic E-state index is 5.77. The van der Waals surface area contributed by atoms with E-state index in [2.05, 4.69) is 32.2 Å². The Morgan fingerprint density at radius 3 is 2.56 bits per heavy atom. The van der Waals surface area contributed by atoms with Gasteiger partial charge >= 0.3 is 0 Å². The lowest BCUT2D eigenvalue weighted by Crippen LogP contribution is -2.54. The minimum Gasteiger partial charge on any atom is -0.493 e. The van der Waals surface area contributed by atoms with Crippen molar-refractivity contribution in [1.29, 1.82) is 0 Å². The van der Waals surface area contributed by atoms with Gasteiger partial charge in [0.05, 0.1) is 33.4 Å². The number of likely N-dealkylation sites (N-methyl/N-ethyl adjacent to an activating group) is 1. The summed E-state index contributed by atoms with van der Waals surface area (Å²) in [5, 5.41) is 0. The van der Waals surface area contributed by atoms with E-state index >= 15 is 0 Å². The number of hydrogen-bond acceptors (Lipinski definition) is 4. The average molecular weight is 368 g/mol. The van der Waals surface area contributed by atoms with Gasteiger partial charge in [0.2, 0.25) is 6.79 Å². The summed E-state index contributed by atoms with van der Waals surface area (Å²) in [5.41, 5.74) is 5.45. The Morgan fingerprint density at radius 1 is 1.04 bits per heavy atom. The topological polar surface area (TPSA) is 36.9 Å². The first-order valence-electron chi connectivity index (χ1n) is 9.56. The van der Waals surface area contributed by atoms with Crippen molar-refractivity contribution < 1.29 is 23.4 Å². The van der Waals surface area contributed by atoms with Gasteiger partial charge in [-0.3, -0.25) is 0 Å². The molecule has 0 saturated carbocycles. The molecule has 3 heterocycles. The van der Waals surface area contributed by atoms with Crippen LogP contribution in [0.4, 0.5) is 0 Å². The molecular formula is C22H26NO4+. The summed E-state index contributed by atoms with van der Waals surface area (Å²) in [6, 6.07) is 9.06. The van der Waals surface area contributed by atoms with Crippen LogP contribution in [0.25, 0.3) is 0 Å². The van der Waals surface area contributed by atoms with Gasteiger partial charge in [0.1, 0.15) is 12.6 Å². The lowest BCUT2D eigenvalue weighted by molar-refractivity contribution is -0.957. The molecule has 0 bridgehead atoms. The highest BCUT2D eigenvalue weighted by molar-refractivity contribution is 5.55. The predicted octanol–water partition coefficient (Wildman–Crippen LogP) is 3.79. The molecule has 2 aromatic carbocycles. The second-order valence-electron chi connectivity index (χ2n) is 8.12. The number of hydrogen-bond donors (Lipinski definition) is 0. The van der Waals surface area contributed by atoms with E-state index in [1.165, 1.54) is 22.3 Å². The first-order valence-corrected chi connectivity index (χ1v) is 9.56. The summed E-state index contributed by atoms with van der Waals surface area (Å²) >= 11 is 0. The SMILES string of the molecule is COc1ccc2c(c1OC)C[N+]1(C)CCc3cc4c(cc3[C@@H]1[C@@H]2C)OCO4. The van der Waals surface area contributed by atoms with Crippen molar-refractivity contribution in [1.82, 2.24) is 0 Å². The summed E-state index contributed by atoms with van der Waals surface area (Å²) in [7, 11) is 5.81. The molecule has 0 N–H and O–H groups in total. The van der Waals surface area contributed by atoms with E-state index in [-0.39, 0.29) is 0 Å². The van der Waals surface area contributed by atoms with Crippen LogP contribution in [0.1, 0.15) is 41.1 Å². The van der Waals surface area contributed by atoms with Crippen LogP contribution in [0.15, 0.2) is 24.3 Å². The van der Waals surface area contributed by atoms with Gasteiger partial charge in [-0.25, -0.2) is 0 Å². The van der Waals surface area contributed by atoms with Gasteiger partial charge in [-0.05, 0) is 29.3 Å². The normalized spacial score (nSPS) is 27.4. The summed E-state index contributed by atoms with van der Waals surface area (Å²) in [6.07, 6.45) is 1.05. The molecule has 27 heavy (non-hydrogen) atoms. The maximum absolute atomic E-state index is 5.77. The molecule has 0 amide bonds. The minimum atomic E-state index is 0.324. The van der Waals surface area contributed by atoms with E-state index in [1.54, 1.807) is 14.2 Å². The summed E-state index contributed by atoms with van der Waals surface area (Å²) in [5.74, 6) is 3.84. The molecule has 0 fully saturated rings. The van der Waals surface area contributed by atoms with Crippen LogP contribution in [0.3, 0.4) is 0 Å². The monoisotopic (exact) mass is 368 g/mol. The number of rotatable bonds is 2. The van der Waals surface area contributed by atoms with E-state index in [9.17, 15) is 0 Å². The van der Waals surface area contributed by atoms with Crippen LogP contribution < -0.4 is 18.9 Å². The molecule has 5 rings (SSSR count). The third-order valence-electron chi connectivity index (χ3n) is 6.68. The quantitative estimate of drug-likeness (QED) is 0.756. The van der Waals surface area contributed by atoms with E-state index in [0.717, 1.165) is 47.0 Å². The molecule has 1 unspecified atom stereocenters. The van der Waals surface area contributed by atoms with Crippen LogP contribution in [0.2, 0.25) is 0 Å². The van der Waals surface area contributed by atoms with Gasteiger partial charge in [-0.15, -0.1) is 0 Å². The van der Waals surface area contributed by atoms with Crippen molar-refractivity contribution >= 4 is 0 Å². The molecule has 5 heteroatoms. The number of methoxy groups -OCH3 is 2. The molecule has 2 aromatic rings. The molecule has 0 aliphatic carbocycles. The van der Waals surface area contributed by atoms with Crippen LogP contribution in [-0.4, -0.2) is 39.1 Å². The standard InChI is InChI=1S/C22H26NO4/c1-13-15-5-6-18(24-3)22(25-4)17(15)11-23(2)8-7-14-9-19-20(27-12-26-19)10-16(14)21(13)23/h5-6,9-10,13,21H,7-8,11-12H2,1-4H3/q+1/t13-,21+,23?/m1/s1. The fourth-order valence-electron chi connectivity index (χ4n) is 5.46. The van der Waals surface area contributed by atoms with Crippen molar-refractivity contribution in [2.45, 2.75) is 31.8 Å². The summed E-state index contributed by atoms with van der Waals surface area (Å²) in [6.45, 7) is 4.70. The third kappa shape index (κ3) is 2.27. The first-order chi connectivity index (χ1) is 13.1. The molecule has 3 aliphatic rings. The van der Waals surface area contributed by atoms with E-state index in [1.807, 2.05) is 6.07 Å². The van der Waals surface area contributed by atoms with E-state index in [4.69, 9.17) is 18.9 Å². The zero-order chi connectivity index (χ0) is 18.8. The van der Waals surface area contributed by atoms with Crippen molar-refractivity contribution in [2.24, 2.45) is 0 Å². The van der Waals surface area contributed by atoms with Crippen LogP contribution in [0.5, 0.6) is 23.0 Å². The lowest BCUT2D eigenvalue weighted by atomic mass is 9.75. The predicted molar refractivity (Wildman–Crippen MR) is 102 cm³/mol. The van der Waals surface area contributed by atoms with Gasteiger partial charge in [0.25, 0.3) is 0 Å². The molecule has 5 nitrogen and oxygen atoms in total. The van der Waals surface area contributed by atoms with Gasteiger partial charge in [-0.1, -0.05) is 13.0 Å². The summed E-state index contributed by atoms with van der Waals surface area (Å²) < 4.78 is 23.6. The van der Waals surface area contributed by atoms with Gasteiger partial charge < -0.3 is 23.4 Å². The third-order valence-corrected chi connectivity index (χ3v) is 6.68. The van der Waals surface area contributed by atoms with Gasteiger partial charge in [0.15, 0.2) is 23.0 Å². The molecule has 0 radical (unpaired) electrons. The molecule has 142 valence electrons. The van der Waals surface area contributed by atoms with Crippen molar-refractivity contribution in [3.05, 3.63) is 46.5 Å². The largest absolute Gasteiger partial charge is 0.493 e. The molecule has 0 saturated heterocycles. The smallest absolute Gasteiger partial charge is 0.231 e. The highest BCUT2D eigenvalue weighted by Gasteiger charge is 2.48. The Morgan fingerprint density at radius 2 is 1.81 bits per heavy atom. The highest BCUT2D eigenvalue weighted by Crippen LogP contribution is 2.54. The fraction of sp³-hybridized carbons (Fsp3) is 0.455. The number of fused-ring (bicyclic) bond motifs is 5. The Labute approximate surface area is 160 Å². The highest BCUT2D eigenvalue weighted by atomic mass is 16.7. The maximum Gasteiger partial charge on any atom is 0.231 e. The molecule has 3 aliphatic heterocycles. The van der Waals surface area contributed by atoms with Crippen molar-refractivity contribution in [3.63, 3.8) is 0 Å². The van der Waals surface area contributed by atoms with Gasteiger partial charge in [-0.2, -0.15) is 0 Å². The molecule has 3 atom stereocenters. The zero-order valence-corrected chi connectivity index (χ0v) is 16.4. The van der Waals surface area contributed by atoms with Crippen molar-refractivity contribution in [3.8, 4) is 23.0 Å². The van der Waals surface area contributed by atoms with Crippen molar-refractivity contribution in [2.75, 3.05) is 34.6 Å². The van der Waals surface area contributed by atoms with Crippen LogP contribution in [-0.2, 0) is 13.0 Å². The Bertz CT molecular complexity index is 925. The Kier molecular flexibility index (Phi) is 3.60. The van der Waals surface area contributed by atoms with Crippen LogP contribution in [0, 0.1) is 0 Å². The van der Waals surface area contributed by atoms with Gasteiger partial charge in [0, 0.05) is 17.9 Å². The average Bonchev–Trinajstić information content (AvgIpc) is 3.12. The Balaban J connectivity index is 1.67. The van der Waals surface area contributed by atoms with E-state index in [0.29, 0.717) is 18.8 Å². The van der Waals surface area contributed by atoms with Crippen LogP contribution >= 0.6 is 0 Å². The molecule has 0 spiro atoms. The second kappa shape index (κ2) is 5.80. The number of nitrogens with zero attached hydrogens (tertiary/aromatic N) is 1. The number of quaternary nitrogens is 1. The number of benzene rings is 2. The second-order valence-corrected chi connectivity index (χ2v) is 8.12. The zero-order valence-electron chi connectivity index (χ0n) is 16.4. The lowest BCUT2D eigenvalue weighted by Gasteiger charge is -2.51. The number of ether oxygens (including phenoxy) is 4. The fourth-order valence-corrected chi connectivity index (χ4v) is 5.46. The summed E-state index contributed by atoms with van der Waals surface area (Å²) in [4.78, 5) is 0. The minimum absolute atomic E-state index is 0.324. The molecule has 0 aromatic heterocycles. The Hall–Kier alpha value is -2.40. The first kappa shape index (κ1) is 16.8. The van der Waals surface area contributed by atoms with E-state index < -0.39 is 0 Å². The molecular weight excluding hydrogens is 342 g/mol.